The average Bonchev–Trinajstić information content (AvgIpc) is 3.74. The molecule has 350 valence electrons. The summed E-state index contributed by atoms with van der Waals surface area (Å²) in [4.78, 5) is 41.9. The van der Waals surface area contributed by atoms with E-state index < -0.39 is 49.1 Å². The van der Waals surface area contributed by atoms with E-state index in [1.54, 1.807) is 62.9 Å². The lowest BCUT2D eigenvalue weighted by Crippen LogP contribution is -2.39. The number of anilines is 1. The van der Waals surface area contributed by atoms with Crippen LogP contribution in [-0.2, 0) is 30.5 Å². The fraction of sp³-hybridized carbons (Fsp3) is 0.314. The summed E-state index contributed by atoms with van der Waals surface area (Å²) in [7, 11) is 1.49. The fourth-order valence-corrected chi connectivity index (χ4v) is 9.92. The van der Waals surface area contributed by atoms with Gasteiger partial charge in [-0.15, -0.1) is 0 Å². The molecule has 15 nitrogen and oxygen atoms in total. The molecule has 0 spiro atoms. The lowest BCUT2D eigenvalue weighted by molar-refractivity contribution is -0.384. The molecule has 0 aliphatic carbocycles. The molecule has 1 aliphatic rings. The zero-order chi connectivity index (χ0) is 47.5. The first kappa shape index (κ1) is 48.6. The van der Waals surface area contributed by atoms with Crippen LogP contribution < -0.4 is 20.5 Å². The Morgan fingerprint density at radius 1 is 0.836 bits per heavy atom. The summed E-state index contributed by atoms with van der Waals surface area (Å²) < 4.78 is 42.6. The summed E-state index contributed by atoms with van der Waals surface area (Å²) in [5.74, 6) is 1.07. The van der Waals surface area contributed by atoms with E-state index >= 15 is 0 Å². The second-order valence-corrected chi connectivity index (χ2v) is 17.9. The number of nitro benzene ring substituents is 1. The number of nitro groups is 1. The summed E-state index contributed by atoms with van der Waals surface area (Å²) in [6, 6.07) is 42.1. The van der Waals surface area contributed by atoms with Crippen molar-refractivity contribution in [3.05, 3.63) is 194 Å². The van der Waals surface area contributed by atoms with Gasteiger partial charge in [0.2, 0.25) is 0 Å². The van der Waals surface area contributed by atoms with Gasteiger partial charge in [-0.25, -0.2) is 9.46 Å². The van der Waals surface area contributed by atoms with Crippen LogP contribution in [0.1, 0.15) is 73.0 Å². The van der Waals surface area contributed by atoms with Crippen molar-refractivity contribution in [2.24, 2.45) is 0 Å². The van der Waals surface area contributed by atoms with Gasteiger partial charge in [0.1, 0.15) is 35.2 Å². The number of ether oxygens (including phenoxy) is 4. The van der Waals surface area contributed by atoms with Gasteiger partial charge in [0, 0.05) is 42.4 Å². The van der Waals surface area contributed by atoms with Crippen LogP contribution in [0, 0.1) is 10.1 Å². The molecule has 1 amide bonds. The van der Waals surface area contributed by atoms with Gasteiger partial charge in [-0.3, -0.25) is 19.5 Å². The number of amides is 1. The number of methoxy groups -OCH3 is 2. The summed E-state index contributed by atoms with van der Waals surface area (Å²) >= 11 is 0. The van der Waals surface area contributed by atoms with Crippen LogP contribution in [0.3, 0.4) is 0 Å². The zero-order valence-electron chi connectivity index (χ0n) is 38.4. The molecule has 4 atom stereocenters. The van der Waals surface area contributed by atoms with E-state index in [0.29, 0.717) is 23.5 Å². The number of non-ortho nitro benzene ring substituents is 1. The first-order valence-electron chi connectivity index (χ1n) is 22.1. The van der Waals surface area contributed by atoms with Crippen LogP contribution in [0.4, 0.5) is 11.5 Å². The number of benzene rings is 5. The minimum atomic E-state index is -1.76. The molecule has 7 rings (SSSR count). The Bertz CT molecular complexity index is 2540. The molecular formula is C51H56N5O10P. The van der Waals surface area contributed by atoms with Gasteiger partial charge in [-0.1, -0.05) is 84.9 Å². The van der Waals surface area contributed by atoms with Crippen molar-refractivity contribution in [3.63, 3.8) is 0 Å². The van der Waals surface area contributed by atoms with Crippen molar-refractivity contribution in [2.45, 2.75) is 76.7 Å². The predicted molar refractivity (Wildman–Crippen MR) is 256 cm³/mol. The number of hydrogen-bond donors (Lipinski definition) is 1. The molecule has 16 heteroatoms. The average molecular weight is 930 g/mol. The van der Waals surface area contributed by atoms with Gasteiger partial charge < -0.3 is 33.3 Å². The minimum Gasteiger partial charge on any atom is -0.497 e. The summed E-state index contributed by atoms with van der Waals surface area (Å²) in [5, 5.41) is 14.0. The van der Waals surface area contributed by atoms with E-state index in [4.69, 9.17) is 28.0 Å². The molecule has 5 aromatic carbocycles. The number of nitrogens with zero attached hydrogens (tertiary/aromatic N) is 4. The Hall–Kier alpha value is -6.32. The molecule has 0 saturated carbocycles. The third kappa shape index (κ3) is 11.6. The van der Waals surface area contributed by atoms with Gasteiger partial charge in [0.05, 0.1) is 38.5 Å². The van der Waals surface area contributed by atoms with Crippen molar-refractivity contribution < 1.29 is 37.7 Å². The molecular weight excluding hydrogens is 874 g/mol. The normalized spacial score (nSPS) is 16.6. The lowest BCUT2D eigenvalue weighted by Gasteiger charge is -2.39. The highest BCUT2D eigenvalue weighted by atomic mass is 31.2. The van der Waals surface area contributed by atoms with Gasteiger partial charge in [0.25, 0.3) is 20.1 Å². The molecule has 0 radical (unpaired) electrons. The van der Waals surface area contributed by atoms with Crippen LogP contribution in [0.5, 0.6) is 11.5 Å². The van der Waals surface area contributed by atoms with E-state index in [9.17, 15) is 19.7 Å². The third-order valence-electron chi connectivity index (χ3n) is 11.4. The topological polar surface area (TPSA) is 166 Å². The van der Waals surface area contributed by atoms with Crippen LogP contribution in [-0.4, -0.2) is 76.8 Å². The molecule has 1 N–H and O–H groups in total. The standard InChI is InChI=1S/C51H56N5O10P/c1-35(2)55(36(3)4)67(64-32-30-37-17-23-42(24-18-37)56(59)60)66-45-33-48(54-31-29-47(53-50(54)58)52-49(57)38-13-9-7-10-14-38)65-46(45)34-63-51(39-15-11-8-12-16-39,40-19-25-43(61-5)26-20-40)41-21-27-44(62-6)28-22-41/h7-29,31,35-36,45-46,48H,30,32-34H2,1-6H3,(H,52,53,57,58)/t45-,46+,48+,67?/m0/s1. The Morgan fingerprint density at radius 2 is 1.40 bits per heavy atom. The quantitative estimate of drug-likeness (QED) is 0.0315. The first-order chi connectivity index (χ1) is 32.4. The molecule has 1 saturated heterocycles. The summed E-state index contributed by atoms with van der Waals surface area (Å²) in [5.41, 5.74) is 2.02. The van der Waals surface area contributed by atoms with Gasteiger partial charge >= 0.3 is 5.69 Å². The highest BCUT2D eigenvalue weighted by molar-refractivity contribution is 7.44. The second-order valence-electron chi connectivity index (χ2n) is 16.5. The number of aromatic nitrogens is 2. The highest BCUT2D eigenvalue weighted by Crippen LogP contribution is 2.51. The number of nitrogens with one attached hydrogen (secondary N) is 1. The number of carbonyl (C=O) groups is 1. The zero-order valence-corrected chi connectivity index (χ0v) is 39.3. The Labute approximate surface area is 391 Å². The minimum absolute atomic E-state index is 0.00313. The van der Waals surface area contributed by atoms with E-state index in [1.807, 2.05) is 84.9 Å². The molecule has 1 aliphatic heterocycles. The van der Waals surface area contributed by atoms with Crippen molar-refractivity contribution >= 4 is 25.9 Å². The summed E-state index contributed by atoms with van der Waals surface area (Å²) in [6.07, 6.45) is 0.0103. The maximum absolute atomic E-state index is 13.8. The maximum atomic E-state index is 13.8. The van der Waals surface area contributed by atoms with Crippen molar-refractivity contribution in [3.8, 4) is 11.5 Å². The number of hydrogen-bond acceptors (Lipinski definition) is 12. The van der Waals surface area contributed by atoms with E-state index in [2.05, 4.69) is 42.7 Å². The molecule has 67 heavy (non-hydrogen) atoms. The van der Waals surface area contributed by atoms with E-state index in [1.165, 1.54) is 16.7 Å². The molecule has 6 aromatic rings. The van der Waals surface area contributed by atoms with Crippen LogP contribution in [0.2, 0.25) is 0 Å². The lowest BCUT2D eigenvalue weighted by atomic mass is 9.80. The highest BCUT2D eigenvalue weighted by Gasteiger charge is 2.45. The van der Waals surface area contributed by atoms with Gasteiger partial charge in [-0.05, 0) is 98.8 Å². The Kier molecular flexibility index (Phi) is 16.3. The van der Waals surface area contributed by atoms with Crippen molar-refractivity contribution in [1.29, 1.82) is 0 Å². The van der Waals surface area contributed by atoms with Crippen LogP contribution in [0.15, 0.2) is 151 Å². The SMILES string of the molecule is COc1ccc(C(OC[C@H]2O[C@@H](n3ccc(NC(=O)c4ccccc4)nc3=O)C[C@@H]2OP(OCCc2ccc([N+](=O)[O-])cc2)N(C(C)C)C(C)C)(c2ccccc2)c2ccc(OC)cc2)cc1. The molecule has 1 fully saturated rings. The Balaban J connectivity index is 1.24. The van der Waals surface area contributed by atoms with Gasteiger partial charge in [-0.2, -0.15) is 4.98 Å². The van der Waals surface area contributed by atoms with Crippen LogP contribution >= 0.6 is 8.53 Å². The van der Waals surface area contributed by atoms with Crippen molar-refractivity contribution in [2.75, 3.05) is 32.8 Å². The second kappa shape index (κ2) is 22.4. The Morgan fingerprint density at radius 3 is 1.94 bits per heavy atom. The molecule has 0 bridgehead atoms. The first-order valence-corrected chi connectivity index (χ1v) is 23.2. The smallest absolute Gasteiger partial charge is 0.351 e. The number of rotatable bonds is 21. The molecule has 2 heterocycles. The maximum Gasteiger partial charge on any atom is 0.351 e. The van der Waals surface area contributed by atoms with Gasteiger partial charge in [0.15, 0.2) is 0 Å². The monoisotopic (exact) mass is 929 g/mol. The molecule has 1 unspecified atom stereocenters. The fourth-order valence-electron chi connectivity index (χ4n) is 8.16. The molecule has 1 aromatic heterocycles. The van der Waals surface area contributed by atoms with Crippen molar-refractivity contribution in [1.82, 2.24) is 14.2 Å². The number of carbonyl (C=O) groups excluding carboxylic acids is 1. The third-order valence-corrected chi connectivity index (χ3v) is 13.6. The van der Waals surface area contributed by atoms with E-state index in [0.717, 1.165) is 22.3 Å². The van der Waals surface area contributed by atoms with Crippen LogP contribution in [0.25, 0.3) is 0 Å². The van der Waals surface area contributed by atoms with E-state index in [-0.39, 0.29) is 43.2 Å². The summed E-state index contributed by atoms with van der Waals surface area (Å²) in [6.45, 7) is 8.57. The largest absolute Gasteiger partial charge is 0.497 e. The predicted octanol–water partition coefficient (Wildman–Crippen LogP) is 9.71.